The molecule has 0 heterocycles. The van der Waals surface area contributed by atoms with Crippen molar-refractivity contribution in [2.75, 3.05) is 0 Å². The molecule has 4 atom stereocenters. The van der Waals surface area contributed by atoms with Gasteiger partial charge in [-0.05, 0) is 93.0 Å². The maximum absolute atomic E-state index is 9.99. The van der Waals surface area contributed by atoms with Crippen LogP contribution in [-0.4, -0.2) is 11.2 Å². The second kappa shape index (κ2) is 8.95. The molecule has 0 aliphatic heterocycles. The van der Waals surface area contributed by atoms with Gasteiger partial charge in [-0.15, -0.1) is 0 Å². The first-order chi connectivity index (χ1) is 12.9. The molecule has 0 aromatic heterocycles. The smallest absolute Gasteiger partial charge is 0.0583 e. The molecule has 0 amide bonds. The third-order valence-electron chi connectivity index (χ3n) is 7.54. The summed E-state index contributed by atoms with van der Waals surface area (Å²) in [6.45, 7) is 11.4. The number of hydrogen-bond acceptors (Lipinski definition) is 1. The van der Waals surface area contributed by atoms with Gasteiger partial charge in [0, 0.05) is 0 Å². The lowest BCUT2D eigenvalue weighted by Gasteiger charge is -2.42. The fourth-order valence-electron chi connectivity index (χ4n) is 5.76. The van der Waals surface area contributed by atoms with E-state index < -0.39 is 0 Å². The lowest BCUT2D eigenvalue weighted by molar-refractivity contribution is 0.137. The van der Waals surface area contributed by atoms with Crippen molar-refractivity contribution in [1.82, 2.24) is 0 Å². The lowest BCUT2D eigenvalue weighted by Crippen LogP contribution is -2.33. The average Bonchev–Trinajstić information content (AvgIpc) is 2.96. The van der Waals surface area contributed by atoms with E-state index in [1.165, 1.54) is 56.1 Å². The van der Waals surface area contributed by atoms with Crippen LogP contribution in [0.4, 0.5) is 0 Å². The molecule has 0 aromatic carbocycles. The predicted molar refractivity (Wildman–Crippen MR) is 117 cm³/mol. The summed E-state index contributed by atoms with van der Waals surface area (Å²) in [6, 6.07) is 0. The molecule has 0 bridgehead atoms. The monoisotopic (exact) mass is 368 g/mol. The summed E-state index contributed by atoms with van der Waals surface area (Å²) in [5.74, 6) is 2.36. The highest BCUT2D eigenvalue weighted by Crippen LogP contribution is 2.58. The molecule has 0 saturated heterocycles. The Hall–Kier alpha value is -1.08. The van der Waals surface area contributed by atoms with Crippen molar-refractivity contribution in [1.29, 1.82) is 0 Å². The van der Waals surface area contributed by atoms with Crippen molar-refractivity contribution in [2.45, 2.75) is 91.1 Å². The summed E-state index contributed by atoms with van der Waals surface area (Å²) < 4.78 is 0. The first-order valence-corrected chi connectivity index (χ1v) is 11.3. The average molecular weight is 369 g/mol. The molecule has 3 saturated carbocycles. The van der Waals surface area contributed by atoms with E-state index in [-0.39, 0.29) is 6.10 Å². The van der Waals surface area contributed by atoms with Gasteiger partial charge in [-0.1, -0.05) is 62.8 Å². The molecular formula is C26H40O. The van der Waals surface area contributed by atoms with Crippen molar-refractivity contribution < 1.29 is 5.11 Å². The number of hydrogen-bond donors (Lipinski definition) is 1. The van der Waals surface area contributed by atoms with E-state index in [4.69, 9.17) is 0 Å². The van der Waals surface area contributed by atoms with E-state index >= 15 is 0 Å². The van der Waals surface area contributed by atoms with Crippen LogP contribution >= 0.6 is 0 Å². The zero-order valence-corrected chi connectivity index (χ0v) is 17.8. The molecule has 3 rings (SSSR count). The lowest BCUT2D eigenvalue weighted by atomic mass is 9.63. The Bertz CT molecular complexity index is 620. The Labute approximate surface area is 167 Å². The van der Waals surface area contributed by atoms with Gasteiger partial charge in [0.1, 0.15) is 0 Å². The second-order valence-corrected chi connectivity index (χ2v) is 9.96. The fourth-order valence-corrected chi connectivity index (χ4v) is 5.76. The summed E-state index contributed by atoms with van der Waals surface area (Å²) in [6.07, 6.45) is 21.2. The minimum absolute atomic E-state index is 0.176. The molecule has 3 fully saturated rings. The van der Waals surface area contributed by atoms with Crippen LogP contribution in [0.3, 0.4) is 0 Å². The first kappa shape index (κ1) is 20.6. The summed E-state index contributed by atoms with van der Waals surface area (Å²) in [4.78, 5) is 0. The van der Waals surface area contributed by atoms with Gasteiger partial charge in [0.15, 0.2) is 0 Å². The summed E-state index contributed by atoms with van der Waals surface area (Å²) in [7, 11) is 0. The van der Waals surface area contributed by atoms with Gasteiger partial charge in [0.05, 0.1) is 6.10 Å². The molecule has 1 N–H and O–H groups in total. The topological polar surface area (TPSA) is 20.2 Å². The van der Waals surface area contributed by atoms with Crippen LogP contribution < -0.4 is 0 Å². The molecule has 0 aromatic rings. The number of aliphatic hydroxyl groups is 1. The van der Waals surface area contributed by atoms with Crippen LogP contribution in [-0.2, 0) is 0 Å². The standard InChI is InChI=1S/C26H40O/c1-19(2)8-5-6-10-23-14-16-25-21(9-7-17-26(23,25)4)12-13-22-18-24(27)15-11-20(22)3/h5-6,12-13,19,23-25,27H,3,7-11,14-18H2,1-2,4H3/b6-5+,21-12+,22-13+. The molecule has 1 nitrogen and oxygen atoms in total. The van der Waals surface area contributed by atoms with Gasteiger partial charge in [-0.2, -0.15) is 0 Å². The van der Waals surface area contributed by atoms with Gasteiger partial charge in [0.2, 0.25) is 0 Å². The molecular weight excluding hydrogens is 328 g/mol. The third-order valence-corrected chi connectivity index (χ3v) is 7.54. The fraction of sp³-hybridized carbons (Fsp3) is 0.692. The first-order valence-electron chi connectivity index (χ1n) is 11.3. The highest BCUT2D eigenvalue weighted by Gasteiger charge is 2.48. The van der Waals surface area contributed by atoms with Crippen LogP contribution in [0.15, 0.2) is 47.6 Å². The number of rotatable bonds is 5. The maximum Gasteiger partial charge on any atom is 0.0583 e. The zero-order chi connectivity index (χ0) is 19.4. The molecule has 0 spiro atoms. The summed E-state index contributed by atoms with van der Waals surface area (Å²) in [5, 5.41) is 9.99. The molecule has 27 heavy (non-hydrogen) atoms. The van der Waals surface area contributed by atoms with Gasteiger partial charge in [-0.3, -0.25) is 0 Å². The molecule has 1 heteroatoms. The highest BCUT2D eigenvalue weighted by atomic mass is 16.3. The minimum atomic E-state index is -0.176. The Balaban J connectivity index is 1.69. The molecule has 0 radical (unpaired) electrons. The van der Waals surface area contributed by atoms with Gasteiger partial charge < -0.3 is 5.11 Å². The van der Waals surface area contributed by atoms with Crippen LogP contribution in [0.5, 0.6) is 0 Å². The van der Waals surface area contributed by atoms with Crippen molar-refractivity contribution in [3.05, 3.63) is 47.6 Å². The van der Waals surface area contributed by atoms with Gasteiger partial charge in [0.25, 0.3) is 0 Å². The maximum atomic E-state index is 9.99. The predicted octanol–water partition coefficient (Wildman–Crippen LogP) is 7.15. The van der Waals surface area contributed by atoms with Crippen LogP contribution in [0.2, 0.25) is 0 Å². The second-order valence-electron chi connectivity index (χ2n) is 9.96. The summed E-state index contributed by atoms with van der Waals surface area (Å²) >= 11 is 0. The highest BCUT2D eigenvalue weighted by molar-refractivity contribution is 5.36. The zero-order valence-electron chi connectivity index (χ0n) is 17.8. The normalized spacial score (nSPS) is 37.7. The van der Waals surface area contributed by atoms with Gasteiger partial charge in [-0.25, -0.2) is 0 Å². The van der Waals surface area contributed by atoms with Crippen LogP contribution in [0, 0.1) is 23.2 Å². The molecule has 4 unspecified atom stereocenters. The van der Waals surface area contributed by atoms with Crippen molar-refractivity contribution in [3.63, 3.8) is 0 Å². The Morgan fingerprint density at radius 3 is 2.74 bits per heavy atom. The minimum Gasteiger partial charge on any atom is -0.393 e. The molecule has 150 valence electrons. The van der Waals surface area contributed by atoms with E-state index in [0.717, 1.165) is 37.0 Å². The SMILES string of the molecule is C=C1CCC(O)C/C1=C\C=C1/CCCC2(C)C(C/C=C/CC(C)C)CCC12. The molecule has 3 aliphatic rings. The Kier molecular flexibility index (Phi) is 6.84. The van der Waals surface area contributed by atoms with Crippen LogP contribution in [0.25, 0.3) is 0 Å². The van der Waals surface area contributed by atoms with Gasteiger partial charge >= 0.3 is 0 Å². The van der Waals surface area contributed by atoms with Crippen molar-refractivity contribution >= 4 is 0 Å². The number of aliphatic hydroxyl groups excluding tert-OH is 1. The van der Waals surface area contributed by atoms with Crippen molar-refractivity contribution in [3.8, 4) is 0 Å². The van der Waals surface area contributed by atoms with Crippen LogP contribution in [0.1, 0.15) is 85.0 Å². The Morgan fingerprint density at radius 1 is 1.15 bits per heavy atom. The van der Waals surface area contributed by atoms with E-state index in [1.807, 2.05) is 0 Å². The van der Waals surface area contributed by atoms with Crippen molar-refractivity contribution in [2.24, 2.45) is 23.2 Å². The number of allylic oxidation sites excluding steroid dienone is 6. The van der Waals surface area contributed by atoms with E-state index in [9.17, 15) is 5.11 Å². The quantitative estimate of drug-likeness (QED) is 0.511. The summed E-state index contributed by atoms with van der Waals surface area (Å²) in [5.41, 5.74) is 4.65. The Morgan fingerprint density at radius 2 is 1.96 bits per heavy atom. The largest absolute Gasteiger partial charge is 0.393 e. The van der Waals surface area contributed by atoms with E-state index in [0.29, 0.717) is 5.41 Å². The third kappa shape index (κ3) is 4.86. The molecule has 3 aliphatic carbocycles. The van der Waals surface area contributed by atoms with E-state index in [2.05, 4.69) is 51.7 Å². The number of fused-ring (bicyclic) bond motifs is 1. The van der Waals surface area contributed by atoms with E-state index in [1.54, 1.807) is 5.57 Å².